The number of rotatable bonds is 3. The van der Waals surface area contributed by atoms with Gasteiger partial charge < -0.3 is 14.7 Å². The van der Waals surface area contributed by atoms with E-state index in [1.807, 2.05) is 0 Å². The summed E-state index contributed by atoms with van der Waals surface area (Å²) in [7, 11) is -4.25. The van der Waals surface area contributed by atoms with Crippen molar-refractivity contribution < 1.29 is 22.8 Å². The van der Waals surface area contributed by atoms with Crippen LogP contribution in [0.1, 0.15) is 18.1 Å². The Morgan fingerprint density at radius 3 is 2.68 bits per heavy atom. The fourth-order valence-electron chi connectivity index (χ4n) is 3.88. The minimum absolute atomic E-state index is 0.163. The summed E-state index contributed by atoms with van der Waals surface area (Å²) in [6.45, 7) is 3.38. The first-order valence-corrected chi connectivity index (χ1v) is 9.01. The van der Waals surface area contributed by atoms with E-state index < -0.39 is 16.2 Å². The average Bonchev–Trinajstić information content (AvgIpc) is 2.91. The highest BCUT2D eigenvalue weighted by Crippen LogP contribution is 2.51. The molecule has 0 spiro atoms. The zero-order valence-electron chi connectivity index (χ0n) is 12.1. The molecule has 1 aliphatic carbocycles. The summed E-state index contributed by atoms with van der Waals surface area (Å²) in [6, 6.07) is 4.48. The van der Waals surface area contributed by atoms with E-state index in [0.29, 0.717) is 29.7 Å². The van der Waals surface area contributed by atoms with Crippen LogP contribution in [0.4, 0.5) is 5.69 Å². The van der Waals surface area contributed by atoms with Crippen molar-refractivity contribution in [3.05, 3.63) is 23.8 Å². The lowest BCUT2D eigenvalue weighted by Gasteiger charge is -2.34. The summed E-state index contributed by atoms with van der Waals surface area (Å²) in [5, 5.41) is 10.2. The van der Waals surface area contributed by atoms with Crippen molar-refractivity contribution in [2.24, 2.45) is 17.8 Å². The molecule has 1 aromatic carbocycles. The molecule has 22 heavy (non-hydrogen) atoms. The number of benzene rings is 1. The summed E-state index contributed by atoms with van der Waals surface area (Å²) in [6.07, 6.45) is -0.115. The van der Waals surface area contributed by atoms with Crippen molar-refractivity contribution in [3.8, 4) is 0 Å². The number of hydrogen-bond donors (Lipinski definition) is 2. The lowest BCUT2D eigenvalue weighted by Crippen LogP contribution is -2.34. The van der Waals surface area contributed by atoms with E-state index in [0.717, 1.165) is 32.0 Å². The molecule has 1 saturated heterocycles. The number of hydrogen-bond acceptors (Lipinski definition) is 5. The van der Waals surface area contributed by atoms with Gasteiger partial charge in [0.15, 0.2) is 0 Å². The number of anilines is 1. The van der Waals surface area contributed by atoms with Crippen molar-refractivity contribution in [1.29, 1.82) is 0 Å². The van der Waals surface area contributed by atoms with Crippen molar-refractivity contribution >= 4 is 15.8 Å². The molecule has 2 fully saturated rings. The van der Waals surface area contributed by atoms with Crippen LogP contribution in [0.15, 0.2) is 23.1 Å². The minimum Gasteiger partial charge on any atom is -0.388 e. The van der Waals surface area contributed by atoms with Crippen LogP contribution in [0.3, 0.4) is 0 Å². The Balaban J connectivity index is 1.61. The van der Waals surface area contributed by atoms with Crippen LogP contribution in [0.25, 0.3) is 0 Å². The van der Waals surface area contributed by atoms with E-state index in [4.69, 9.17) is 4.74 Å². The number of aliphatic hydroxyl groups excluding tert-OH is 1. The van der Waals surface area contributed by atoms with Gasteiger partial charge in [-0.05, 0) is 42.4 Å². The molecule has 7 heteroatoms. The van der Waals surface area contributed by atoms with Crippen molar-refractivity contribution in [1.82, 2.24) is 0 Å². The first kappa shape index (κ1) is 14.4. The summed E-state index contributed by atoms with van der Waals surface area (Å²) in [5.41, 5.74) is 1.46. The van der Waals surface area contributed by atoms with Gasteiger partial charge in [0.1, 0.15) is 0 Å². The average molecular weight is 325 g/mol. The molecule has 0 radical (unpaired) electrons. The second-order valence-corrected chi connectivity index (χ2v) is 7.90. The molecule has 4 rings (SSSR count). The van der Waals surface area contributed by atoms with Gasteiger partial charge in [-0.3, -0.25) is 4.55 Å². The van der Waals surface area contributed by atoms with E-state index in [2.05, 4.69) is 4.90 Å². The molecule has 3 atom stereocenters. The maximum Gasteiger partial charge on any atom is 0.294 e. The molecule has 120 valence electrons. The number of aliphatic hydroxyl groups is 1. The van der Waals surface area contributed by atoms with Crippen molar-refractivity contribution in [3.63, 3.8) is 0 Å². The fraction of sp³-hybridized carbons (Fsp3) is 0.600. The smallest absolute Gasteiger partial charge is 0.294 e. The van der Waals surface area contributed by atoms with Gasteiger partial charge in [0, 0.05) is 24.3 Å². The van der Waals surface area contributed by atoms with Gasteiger partial charge in [-0.25, -0.2) is 0 Å². The standard InChI is InChI=1S/C15H19NO5S/c17-15-3-4-16(6-11-12-7-21-8-13(11)12)14-2-1-9(5-10(14)15)22(18,19)20/h1-2,5,11-13,15,17H,3-4,6-8H2,(H,18,19,20). The van der Waals surface area contributed by atoms with Crippen molar-refractivity contribution in [2.45, 2.75) is 17.4 Å². The lowest BCUT2D eigenvalue weighted by atomic mass is 9.98. The van der Waals surface area contributed by atoms with Crippen LogP contribution < -0.4 is 4.90 Å². The first-order chi connectivity index (χ1) is 10.4. The van der Waals surface area contributed by atoms with E-state index >= 15 is 0 Å². The third-order valence-electron chi connectivity index (χ3n) is 5.23. The molecular formula is C15H19NO5S. The molecule has 6 nitrogen and oxygen atoms in total. The third-order valence-corrected chi connectivity index (χ3v) is 6.08. The molecule has 0 amide bonds. The van der Waals surface area contributed by atoms with E-state index in [1.165, 1.54) is 12.1 Å². The highest BCUT2D eigenvalue weighted by atomic mass is 32.2. The topological polar surface area (TPSA) is 87.1 Å². The largest absolute Gasteiger partial charge is 0.388 e. The Labute approximate surface area is 129 Å². The zero-order chi connectivity index (χ0) is 15.5. The predicted octanol–water partition coefficient (Wildman–Crippen LogP) is 1.07. The molecule has 2 N–H and O–H groups in total. The van der Waals surface area contributed by atoms with Crippen LogP contribution in [-0.2, 0) is 14.9 Å². The molecule has 0 aromatic heterocycles. The Morgan fingerprint density at radius 2 is 2.00 bits per heavy atom. The molecule has 1 saturated carbocycles. The Bertz CT molecular complexity index is 694. The summed E-state index contributed by atoms with van der Waals surface area (Å²) >= 11 is 0. The first-order valence-electron chi connectivity index (χ1n) is 7.57. The van der Waals surface area contributed by atoms with Gasteiger partial charge in [-0.1, -0.05) is 0 Å². The number of nitrogens with zero attached hydrogens (tertiary/aromatic N) is 1. The van der Waals surface area contributed by atoms with E-state index in [1.54, 1.807) is 6.07 Å². The second kappa shape index (κ2) is 4.92. The van der Waals surface area contributed by atoms with Gasteiger partial charge >= 0.3 is 0 Å². The van der Waals surface area contributed by atoms with Gasteiger partial charge in [-0.15, -0.1) is 0 Å². The Hall–Kier alpha value is -1.15. The SMILES string of the molecule is O=S(=O)(O)c1ccc2c(c1)C(O)CCN2CC1C2COCC21. The quantitative estimate of drug-likeness (QED) is 0.809. The van der Waals surface area contributed by atoms with Crippen LogP contribution >= 0.6 is 0 Å². The number of ether oxygens (including phenoxy) is 1. The molecule has 3 aliphatic rings. The minimum atomic E-state index is -4.25. The molecule has 2 heterocycles. The van der Waals surface area contributed by atoms with Crippen LogP contribution in [0.5, 0.6) is 0 Å². The number of fused-ring (bicyclic) bond motifs is 2. The normalized spacial score (nSPS) is 33.5. The molecular weight excluding hydrogens is 306 g/mol. The highest BCUT2D eigenvalue weighted by molar-refractivity contribution is 7.85. The summed E-state index contributed by atoms with van der Waals surface area (Å²) in [5.74, 6) is 1.96. The fourth-order valence-corrected chi connectivity index (χ4v) is 4.39. The van der Waals surface area contributed by atoms with Gasteiger partial charge in [0.05, 0.1) is 24.2 Å². The van der Waals surface area contributed by atoms with Gasteiger partial charge in [0.25, 0.3) is 10.1 Å². The Kier molecular flexibility index (Phi) is 3.23. The van der Waals surface area contributed by atoms with E-state index in [9.17, 15) is 18.1 Å². The summed E-state index contributed by atoms with van der Waals surface area (Å²) < 4.78 is 37.1. The molecule has 0 bridgehead atoms. The maximum absolute atomic E-state index is 11.3. The summed E-state index contributed by atoms with van der Waals surface area (Å²) in [4.78, 5) is 2.06. The maximum atomic E-state index is 11.3. The predicted molar refractivity (Wildman–Crippen MR) is 79.3 cm³/mol. The molecule has 1 aromatic rings. The second-order valence-electron chi connectivity index (χ2n) is 6.48. The molecule has 2 aliphatic heterocycles. The van der Waals surface area contributed by atoms with Crippen LogP contribution in [0, 0.1) is 17.8 Å². The van der Waals surface area contributed by atoms with Crippen molar-refractivity contribution in [2.75, 3.05) is 31.2 Å². The third kappa shape index (κ3) is 2.32. The monoisotopic (exact) mass is 325 g/mol. The lowest BCUT2D eigenvalue weighted by molar-refractivity contribution is 0.149. The van der Waals surface area contributed by atoms with Gasteiger partial charge in [-0.2, -0.15) is 8.42 Å². The Morgan fingerprint density at radius 1 is 1.27 bits per heavy atom. The molecule has 3 unspecified atom stereocenters. The van der Waals surface area contributed by atoms with E-state index in [-0.39, 0.29) is 4.90 Å². The van der Waals surface area contributed by atoms with Crippen LogP contribution in [-0.4, -0.2) is 44.4 Å². The van der Waals surface area contributed by atoms with Gasteiger partial charge in [0.2, 0.25) is 0 Å². The zero-order valence-corrected chi connectivity index (χ0v) is 12.9. The van der Waals surface area contributed by atoms with Crippen LogP contribution in [0.2, 0.25) is 0 Å². The highest BCUT2D eigenvalue weighted by Gasteiger charge is 2.54.